The fraction of sp³-hybridized carbons (Fsp3) is 0.357. The number of nitrogens with zero attached hydrogens (tertiary/aromatic N) is 3. The molecule has 0 saturated carbocycles. The Kier molecular flexibility index (Phi) is 3.66. The zero-order valence-corrected chi connectivity index (χ0v) is 11.6. The van der Waals surface area contributed by atoms with E-state index in [4.69, 9.17) is 5.73 Å². The molecule has 0 aliphatic carbocycles. The summed E-state index contributed by atoms with van der Waals surface area (Å²) in [5.41, 5.74) is 7.87. The number of hydrogen-bond donors (Lipinski definition) is 1. The number of hydrogen-bond acceptors (Lipinski definition) is 5. The van der Waals surface area contributed by atoms with Gasteiger partial charge in [0, 0.05) is 50.0 Å². The van der Waals surface area contributed by atoms with Gasteiger partial charge in [0.25, 0.3) is 0 Å². The van der Waals surface area contributed by atoms with Crippen molar-refractivity contribution in [2.75, 3.05) is 36.8 Å². The van der Waals surface area contributed by atoms with Crippen molar-refractivity contribution in [3.05, 3.63) is 41.4 Å². The van der Waals surface area contributed by atoms with Gasteiger partial charge in [-0.3, -0.25) is 4.90 Å². The van der Waals surface area contributed by atoms with Crippen molar-refractivity contribution in [1.29, 1.82) is 0 Å². The van der Waals surface area contributed by atoms with Gasteiger partial charge in [0.1, 0.15) is 0 Å². The third-order valence-corrected chi connectivity index (χ3v) is 4.28. The van der Waals surface area contributed by atoms with Gasteiger partial charge in [0.05, 0.1) is 0 Å². The smallest absolute Gasteiger partial charge is 0.185 e. The van der Waals surface area contributed by atoms with E-state index in [9.17, 15) is 0 Å². The van der Waals surface area contributed by atoms with Gasteiger partial charge in [0.2, 0.25) is 0 Å². The second kappa shape index (κ2) is 5.59. The van der Waals surface area contributed by atoms with Gasteiger partial charge in [-0.15, -0.1) is 11.3 Å². The third-order valence-electron chi connectivity index (χ3n) is 3.45. The first-order valence-electron chi connectivity index (χ1n) is 6.52. The molecule has 0 amide bonds. The molecule has 1 aromatic heterocycles. The van der Waals surface area contributed by atoms with Crippen LogP contribution in [0.1, 0.15) is 5.56 Å². The van der Waals surface area contributed by atoms with Crippen molar-refractivity contribution < 1.29 is 0 Å². The van der Waals surface area contributed by atoms with Crippen LogP contribution in [0.15, 0.2) is 35.8 Å². The van der Waals surface area contributed by atoms with Gasteiger partial charge in [0.15, 0.2) is 5.13 Å². The lowest BCUT2D eigenvalue weighted by molar-refractivity contribution is 0.250. The molecule has 0 unspecified atom stereocenters. The van der Waals surface area contributed by atoms with Crippen molar-refractivity contribution >= 4 is 22.2 Å². The molecular formula is C14H18N4S. The third kappa shape index (κ3) is 3.05. The van der Waals surface area contributed by atoms with E-state index >= 15 is 0 Å². The van der Waals surface area contributed by atoms with Crippen LogP contribution in [0.5, 0.6) is 0 Å². The average molecular weight is 274 g/mol. The molecule has 4 nitrogen and oxygen atoms in total. The predicted octanol–water partition coefficient (Wildman–Crippen LogP) is 2.05. The summed E-state index contributed by atoms with van der Waals surface area (Å²) >= 11 is 1.72. The van der Waals surface area contributed by atoms with Gasteiger partial charge in [-0.05, 0) is 17.7 Å². The SMILES string of the molecule is Nc1ccc(CN2CCN(c3nccs3)CC2)cc1. The Bertz CT molecular complexity index is 501. The molecular weight excluding hydrogens is 256 g/mol. The molecule has 1 aliphatic rings. The Morgan fingerprint density at radius 2 is 1.84 bits per heavy atom. The molecule has 0 radical (unpaired) electrons. The maximum absolute atomic E-state index is 5.71. The summed E-state index contributed by atoms with van der Waals surface area (Å²) in [5, 5.41) is 3.18. The summed E-state index contributed by atoms with van der Waals surface area (Å²) in [4.78, 5) is 9.22. The largest absolute Gasteiger partial charge is 0.399 e. The maximum Gasteiger partial charge on any atom is 0.185 e. The molecule has 2 heterocycles. The second-order valence-electron chi connectivity index (χ2n) is 4.82. The van der Waals surface area contributed by atoms with E-state index in [2.05, 4.69) is 26.9 Å². The van der Waals surface area contributed by atoms with Crippen LogP contribution in [-0.4, -0.2) is 36.1 Å². The lowest BCUT2D eigenvalue weighted by Crippen LogP contribution is -2.45. The van der Waals surface area contributed by atoms with Gasteiger partial charge in [-0.2, -0.15) is 0 Å². The fourth-order valence-electron chi connectivity index (χ4n) is 2.35. The first-order chi connectivity index (χ1) is 9.31. The monoisotopic (exact) mass is 274 g/mol. The lowest BCUT2D eigenvalue weighted by Gasteiger charge is -2.34. The number of nitrogen functional groups attached to an aromatic ring is 1. The van der Waals surface area contributed by atoms with E-state index in [1.54, 1.807) is 11.3 Å². The number of rotatable bonds is 3. The van der Waals surface area contributed by atoms with E-state index in [1.807, 2.05) is 23.7 Å². The minimum Gasteiger partial charge on any atom is -0.399 e. The molecule has 1 aliphatic heterocycles. The maximum atomic E-state index is 5.71. The molecule has 1 fully saturated rings. The summed E-state index contributed by atoms with van der Waals surface area (Å²) in [6.07, 6.45) is 1.88. The zero-order valence-electron chi connectivity index (χ0n) is 10.8. The predicted molar refractivity (Wildman–Crippen MR) is 80.5 cm³/mol. The highest BCUT2D eigenvalue weighted by Crippen LogP contribution is 2.19. The molecule has 5 heteroatoms. The normalized spacial score (nSPS) is 16.7. The lowest BCUT2D eigenvalue weighted by atomic mass is 10.2. The van der Waals surface area contributed by atoms with Crippen molar-refractivity contribution in [2.24, 2.45) is 0 Å². The standard InChI is InChI=1S/C14H18N4S/c15-13-3-1-12(2-4-13)11-17-6-8-18(9-7-17)14-16-5-10-19-14/h1-5,10H,6-9,11,15H2. The number of thiazole rings is 1. The summed E-state index contributed by atoms with van der Waals surface area (Å²) in [6.45, 7) is 5.30. The molecule has 100 valence electrons. The molecule has 2 aromatic rings. The van der Waals surface area contributed by atoms with Crippen LogP contribution in [0.2, 0.25) is 0 Å². The quantitative estimate of drug-likeness (QED) is 0.870. The fourth-order valence-corrected chi connectivity index (χ4v) is 3.05. The van der Waals surface area contributed by atoms with Crippen LogP contribution in [-0.2, 0) is 6.54 Å². The molecule has 0 spiro atoms. The number of benzene rings is 1. The first-order valence-corrected chi connectivity index (χ1v) is 7.40. The highest BCUT2D eigenvalue weighted by atomic mass is 32.1. The van der Waals surface area contributed by atoms with Gasteiger partial charge in [-0.25, -0.2) is 4.98 Å². The zero-order chi connectivity index (χ0) is 13.1. The molecule has 0 bridgehead atoms. The van der Waals surface area contributed by atoms with Crippen LogP contribution in [0.3, 0.4) is 0 Å². The van der Waals surface area contributed by atoms with Crippen LogP contribution >= 0.6 is 11.3 Å². The first kappa shape index (κ1) is 12.4. The Morgan fingerprint density at radius 3 is 2.47 bits per heavy atom. The van der Waals surface area contributed by atoms with E-state index in [0.717, 1.165) is 43.5 Å². The van der Waals surface area contributed by atoms with Crippen LogP contribution in [0.4, 0.5) is 10.8 Å². The number of nitrogens with two attached hydrogens (primary N) is 1. The van der Waals surface area contributed by atoms with Crippen molar-refractivity contribution in [2.45, 2.75) is 6.54 Å². The van der Waals surface area contributed by atoms with Crippen molar-refractivity contribution in [3.8, 4) is 0 Å². The van der Waals surface area contributed by atoms with Crippen molar-refractivity contribution in [1.82, 2.24) is 9.88 Å². The van der Waals surface area contributed by atoms with Crippen molar-refractivity contribution in [3.63, 3.8) is 0 Å². The van der Waals surface area contributed by atoms with Gasteiger partial charge < -0.3 is 10.6 Å². The Hall–Kier alpha value is -1.59. The molecule has 0 atom stereocenters. The summed E-state index contributed by atoms with van der Waals surface area (Å²) in [7, 11) is 0. The Morgan fingerprint density at radius 1 is 1.11 bits per heavy atom. The summed E-state index contributed by atoms with van der Waals surface area (Å²) in [5.74, 6) is 0. The molecule has 2 N–H and O–H groups in total. The van der Waals surface area contributed by atoms with Crippen LogP contribution < -0.4 is 10.6 Å². The average Bonchev–Trinajstić information content (AvgIpc) is 2.96. The van der Waals surface area contributed by atoms with Crippen LogP contribution in [0.25, 0.3) is 0 Å². The topological polar surface area (TPSA) is 45.4 Å². The molecule has 19 heavy (non-hydrogen) atoms. The number of aromatic nitrogens is 1. The van der Waals surface area contributed by atoms with E-state index < -0.39 is 0 Å². The molecule has 3 rings (SSSR count). The summed E-state index contributed by atoms with van der Waals surface area (Å²) in [6, 6.07) is 8.17. The second-order valence-corrected chi connectivity index (χ2v) is 5.69. The van der Waals surface area contributed by atoms with Gasteiger partial charge in [-0.1, -0.05) is 12.1 Å². The summed E-state index contributed by atoms with van der Waals surface area (Å²) < 4.78 is 0. The Labute approximate surface area is 117 Å². The highest BCUT2D eigenvalue weighted by Gasteiger charge is 2.18. The number of piperazine rings is 1. The highest BCUT2D eigenvalue weighted by molar-refractivity contribution is 7.13. The van der Waals surface area contributed by atoms with E-state index in [-0.39, 0.29) is 0 Å². The minimum atomic E-state index is 0.831. The van der Waals surface area contributed by atoms with Gasteiger partial charge >= 0.3 is 0 Å². The molecule has 1 aromatic carbocycles. The number of anilines is 2. The van der Waals surface area contributed by atoms with Crippen LogP contribution in [0, 0.1) is 0 Å². The van der Waals surface area contributed by atoms with E-state index in [0.29, 0.717) is 0 Å². The molecule has 1 saturated heterocycles. The van der Waals surface area contributed by atoms with E-state index in [1.165, 1.54) is 5.56 Å². The Balaban J connectivity index is 1.54. The minimum absolute atomic E-state index is 0.831.